The maximum atomic E-state index is 2.37. The largest absolute Gasteiger partial charge is 0.215 e. The molecule has 0 fully saturated rings. The fraction of sp³-hybridized carbons (Fsp3) is 0.267. The van der Waals surface area contributed by atoms with Crippen molar-refractivity contribution in [3.63, 3.8) is 0 Å². The summed E-state index contributed by atoms with van der Waals surface area (Å²) >= 11 is 0. The highest BCUT2D eigenvalue weighted by Crippen LogP contribution is 2.37. The molecule has 1 nitrogen and oxygen atoms in total. The van der Waals surface area contributed by atoms with E-state index in [9.17, 15) is 0 Å². The molecule has 80 valence electrons. The van der Waals surface area contributed by atoms with Crippen molar-refractivity contribution in [2.45, 2.75) is 26.2 Å². The van der Waals surface area contributed by atoms with Crippen LogP contribution in [0.3, 0.4) is 0 Å². The van der Waals surface area contributed by atoms with Gasteiger partial charge in [-0.25, -0.2) is 0 Å². The van der Waals surface area contributed by atoms with Crippen LogP contribution < -0.4 is 4.57 Å². The lowest BCUT2D eigenvalue weighted by Crippen LogP contribution is -2.37. The van der Waals surface area contributed by atoms with Crippen LogP contribution in [0.4, 0.5) is 0 Å². The number of rotatable bonds is 0. The highest BCUT2D eigenvalue weighted by Gasteiger charge is 2.43. The van der Waals surface area contributed by atoms with Gasteiger partial charge in [-0.3, -0.25) is 0 Å². The van der Waals surface area contributed by atoms with E-state index in [0.717, 1.165) is 0 Å². The number of fused-ring (bicyclic) bond motifs is 3. The maximum Gasteiger partial charge on any atom is 0.215 e. The predicted molar refractivity (Wildman–Crippen MR) is 64.8 cm³/mol. The predicted octanol–water partition coefficient (Wildman–Crippen LogP) is 2.91. The van der Waals surface area contributed by atoms with Gasteiger partial charge in [0.05, 0.1) is 5.41 Å². The van der Waals surface area contributed by atoms with Crippen LogP contribution in [0, 0.1) is 6.92 Å². The Kier molecular flexibility index (Phi) is 1.76. The Hall–Kier alpha value is -1.63. The zero-order chi connectivity index (χ0) is 11.3. The van der Waals surface area contributed by atoms with Gasteiger partial charge in [0.25, 0.3) is 0 Å². The first kappa shape index (κ1) is 9.59. The molecule has 16 heavy (non-hydrogen) atoms. The number of aryl methyl sites for hydroxylation is 1. The van der Waals surface area contributed by atoms with Crippen molar-refractivity contribution < 1.29 is 4.57 Å². The highest BCUT2D eigenvalue weighted by molar-refractivity contribution is 5.48. The lowest BCUT2D eigenvalue weighted by molar-refractivity contribution is -0.606. The van der Waals surface area contributed by atoms with Crippen molar-refractivity contribution in [3.8, 4) is 5.69 Å². The van der Waals surface area contributed by atoms with E-state index < -0.39 is 0 Å². The third kappa shape index (κ3) is 1.03. The lowest BCUT2D eigenvalue weighted by atomic mass is 9.83. The maximum absolute atomic E-state index is 2.37. The number of nitrogens with zero attached hydrogens (tertiary/aromatic N) is 1. The standard InChI is InChI=1S/C15H16N/c1-11-7-6-10-14-15(2,3)12-8-4-5-9-13(12)16(11)14/h4-10H,1-3H3/q+1. The molecule has 0 spiro atoms. The van der Waals surface area contributed by atoms with Crippen molar-refractivity contribution in [2.75, 3.05) is 0 Å². The smallest absolute Gasteiger partial charge is 0.161 e. The molecule has 0 atom stereocenters. The summed E-state index contributed by atoms with van der Waals surface area (Å²) in [5.41, 5.74) is 5.55. The lowest BCUT2D eigenvalue weighted by Gasteiger charge is -2.13. The first-order chi connectivity index (χ1) is 7.62. The van der Waals surface area contributed by atoms with Crippen LogP contribution in [-0.4, -0.2) is 0 Å². The average molecular weight is 210 g/mol. The van der Waals surface area contributed by atoms with Gasteiger partial charge in [-0.2, -0.15) is 4.57 Å². The van der Waals surface area contributed by atoms with Gasteiger partial charge in [-0.05, 0) is 19.9 Å². The van der Waals surface area contributed by atoms with Crippen molar-refractivity contribution >= 4 is 0 Å². The number of hydrogen-bond donors (Lipinski definition) is 0. The molecule has 2 heterocycles. The van der Waals surface area contributed by atoms with Gasteiger partial charge in [0.15, 0.2) is 11.4 Å². The number of benzene rings is 1. The van der Waals surface area contributed by atoms with Crippen LogP contribution in [-0.2, 0) is 5.41 Å². The van der Waals surface area contributed by atoms with E-state index in [-0.39, 0.29) is 5.41 Å². The number of pyridine rings is 1. The molecule has 0 saturated heterocycles. The quantitative estimate of drug-likeness (QED) is 0.589. The summed E-state index contributed by atoms with van der Waals surface area (Å²) < 4.78 is 2.37. The summed E-state index contributed by atoms with van der Waals surface area (Å²) in [5, 5.41) is 0. The van der Waals surface area contributed by atoms with E-state index in [4.69, 9.17) is 0 Å². The molecule has 0 aliphatic carbocycles. The Labute approximate surface area is 96.4 Å². The molecule has 0 N–H and O–H groups in total. The fourth-order valence-corrected chi connectivity index (χ4v) is 2.76. The van der Waals surface area contributed by atoms with Crippen molar-refractivity contribution in [3.05, 3.63) is 59.4 Å². The summed E-state index contributed by atoms with van der Waals surface area (Å²) in [7, 11) is 0. The second-order valence-electron chi connectivity index (χ2n) is 5.03. The minimum atomic E-state index is 0.114. The second kappa shape index (κ2) is 2.94. The Morgan fingerprint density at radius 3 is 2.50 bits per heavy atom. The second-order valence-corrected chi connectivity index (χ2v) is 5.03. The molecule has 1 heteroatoms. The van der Waals surface area contributed by atoms with Crippen LogP contribution in [0.25, 0.3) is 5.69 Å². The van der Waals surface area contributed by atoms with Gasteiger partial charge in [-0.15, -0.1) is 0 Å². The Bertz CT molecular complexity index is 567. The molecule has 1 aliphatic heterocycles. The van der Waals surface area contributed by atoms with Crippen LogP contribution >= 0.6 is 0 Å². The van der Waals surface area contributed by atoms with Gasteiger partial charge >= 0.3 is 0 Å². The average Bonchev–Trinajstić information content (AvgIpc) is 2.51. The van der Waals surface area contributed by atoms with Gasteiger partial charge in [0.2, 0.25) is 5.69 Å². The minimum absolute atomic E-state index is 0.114. The SMILES string of the molecule is Cc1cccc2[n+]1-c1ccccc1C2(C)C. The summed E-state index contributed by atoms with van der Waals surface area (Å²) in [6.45, 7) is 6.76. The van der Waals surface area contributed by atoms with E-state index in [2.05, 4.69) is 67.8 Å². The molecule has 0 amide bonds. The zero-order valence-electron chi connectivity index (χ0n) is 9.99. The van der Waals surface area contributed by atoms with Gasteiger partial charge < -0.3 is 0 Å². The summed E-state index contributed by atoms with van der Waals surface area (Å²) in [6.07, 6.45) is 0. The normalized spacial score (nSPS) is 15.7. The molecule has 0 bridgehead atoms. The summed E-state index contributed by atoms with van der Waals surface area (Å²) in [4.78, 5) is 0. The van der Waals surface area contributed by atoms with E-state index in [1.807, 2.05) is 0 Å². The number of hydrogen-bond acceptors (Lipinski definition) is 0. The molecule has 0 radical (unpaired) electrons. The monoisotopic (exact) mass is 210 g/mol. The molecular formula is C15H16N+. The Balaban J connectivity index is 2.45. The molecule has 3 rings (SSSR count). The fourth-order valence-electron chi connectivity index (χ4n) is 2.76. The molecule has 1 aliphatic rings. The zero-order valence-corrected chi connectivity index (χ0v) is 9.99. The molecule has 0 saturated carbocycles. The first-order valence-corrected chi connectivity index (χ1v) is 5.74. The van der Waals surface area contributed by atoms with Gasteiger partial charge in [0, 0.05) is 30.7 Å². The van der Waals surface area contributed by atoms with Gasteiger partial charge in [0.1, 0.15) is 0 Å². The van der Waals surface area contributed by atoms with Crippen LogP contribution in [0.5, 0.6) is 0 Å². The highest BCUT2D eigenvalue weighted by atomic mass is 15.0. The minimum Gasteiger partial charge on any atom is -0.161 e. The first-order valence-electron chi connectivity index (χ1n) is 5.74. The van der Waals surface area contributed by atoms with Crippen molar-refractivity contribution in [2.24, 2.45) is 0 Å². The van der Waals surface area contributed by atoms with Crippen LogP contribution in [0.2, 0.25) is 0 Å². The van der Waals surface area contributed by atoms with Crippen LogP contribution in [0.1, 0.15) is 30.8 Å². The van der Waals surface area contributed by atoms with E-state index in [1.165, 1.54) is 22.6 Å². The summed E-state index contributed by atoms with van der Waals surface area (Å²) in [6, 6.07) is 15.2. The van der Waals surface area contributed by atoms with E-state index in [1.54, 1.807) is 0 Å². The molecule has 1 aromatic heterocycles. The topological polar surface area (TPSA) is 3.88 Å². The summed E-state index contributed by atoms with van der Waals surface area (Å²) in [5.74, 6) is 0. The Morgan fingerprint density at radius 1 is 0.938 bits per heavy atom. The van der Waals surface area contributed by atoms with Crippen LogP contribution in [0.15, 0.2) is 42.5 Å². The molecular weight excluding hydrogens is 194 g/mol. The molecule has 1 aromatic carbocycles. The Morgan fingerprint density at radius 2 is 1.69 bits per heavy atom. The number of para-hydroxylation sites is 1. The van der Waals surface area contributed by atoms with Crippen molar-refractivity contribution in [1.29, 1.82) is 0 Å². The van der Waals surface area contributed by atoms with E-state index >= 15 is 0 Å². The van der Waals surface area contributed by atoms with Gasteiger partial charge in [-0.1, -0.05) is 18.2 Å². The molecule has 2 aromatic rings. The molecule has 0 unspecified atom stereocenters. The third-order valence-electron chi connectivity index (χ3n) is 3.64. The third-order valence-corrected chi connectivity index (χ3v) is 3.64. The number of aromatic nitrogens is 1. The van der Waals surface area contributed by atoms with Crippen molar-refractivity contribution in [1.82, 2.24) is 0 Å². The van der Waals surface area contributed by atoms with E-state index in [0.29, 0.717) is 0 Å².